The maximum atomic E-state index is 12.4. The molecule has 7 heteroatoms. The largest absolute Gasteiger partial charge is 0.323 e. The van der Waals surface area contributed by atoms with Gasteiger partial charge in [0, 0.05) is 46.5 Å². The molecule has 1 saturated heterocycles. The number of piperazine rings is 1. The van der Waals surface area contributed by atoms with Crippen LogP contribution in [0.3, 0.4) is 0 Å². The van der Waals surface area contributed by atoms with Gasteiger partial charge in [-0.05, 0) is 67.9 Å². The fourth-order valence-corrected chi connectivity index (χ4v) is 5.29. The summed E-state index contributed by atoms with van der Waals surface area (Å²) in [5, 5.41) is 5.14. The number of nitrogens with zero attached hydrogens (tertiary/aromatic N) is 2. The van der Waals surface area contributed by atoms with Crippen LogP contribution in [0.5, 0.6) is 0 Å². The Labute approximate surface area is 169 Å². The molecule has 1 N–H and O–H groups in total. The van der Waals surface area contributed by atoms with Crippen LogP contribution in [0.4, 0.5) is 5.69 Å². The van der Waals surface area contributed by atoms with E-state index in [9.17, 15) is 4.79 Å². The molecule has 1 aliphatic rings. The van der Waals surface area contributed by atoms with Crippen LogP contribution in [-0.2, 0) is 11.3 Å². The van der Waals surface area contributed by atoms with Gasteiger partial charge < -0.3 is 5.32 Å². The Kier molecular flexibility index (Phi) is 6.68. The summed E-state index contributed by atoms with van der Waals surface area (Å²) >= 11 is 8.85. The number of hydrogen-bond donors (Lipinski definition) is 1. The smallest absolute Gasteiger partial charge is 0.238 e. The van der Waals surface area contributed by atoms with E-state index < -0.39 is 0 Å². The molecule has 1 fully saturated rings. The first-order valence-electron chi connectivity index (χ1n) is 8.24. The van der Waals surface area contributed by atoms with Crippen molar-refractivity contribution in [1.82, 2.24) is 9.80 Å². The maximum Gasteiger partial charge on any atom is 0.238 e. The lowest BCUT2D eigenvalue weighted by Gasteiger charge is -2.34. The fraction of sp³-hybridized carbons (Fsp3) is 0.389. The van der Waals surface area contributed by atoms with Crippen LogP contribution >= 0.6 is 43.2 Å². The maximum absolute atomic E-state index is 12.4. The molecule has 25 heavy (non-hydrogen) atoms. The zero-order valence-corrected chi connectivity index (χ0v) is 18.1. The first-order valence-corrected chi connectivity index (χ1v) is 10.7. The molecular formula is C18H21Br2N3OS. The number of aryl methyl sites for hydroxylation is 1. The molecule has 0 bridgehead atoms. The summed E-state index contributed by atoms with van der Waals surface area (Å²) < 4.78 is 1.79. The fourth-order valence-electron chi connectivity index (χ4n) is 2.93. The van der Waals surface area contributed by atoms with Gasteiger partial charge in [-0.3, -0.25) is 14.6 Å². The van der Waals surface area contributed by atoms with Gasteiger partial charge in [-0.25, -0.2) is 0 Å². The molecule has 0 spiro atoms. The topological polar surface area (TPSA) is 35.6 Å². The molecule has 0 saturated carbocycles. The summed E-state index contributed by atoms with van der Waals surface area (Å²) in [5.74, 6) is 0.0250. The number of amides is 1. The lowest BCUT2D eigenvalue weighted by Crippen LogP contribution is -2.48. The van der Waals surface area contributed by atoms with E-state index in [2.05, 4.69) is 64.5 Å². The zero-order chi connectivity index (χ0) is 17.8. The van der Waals surface area contributed by atoms with Crippen LogP contribution in [0, 0.1) is 6.92 Å². The van der Waals surface area contributed by atoms with Crippen LogP contribution in [0.1, 0.15) is 10.4 Å². The Balaban J connectivity index is 1.48. The predicted octanol–water partition coefficient (Wildman–Crippen LogP) is 4.34. The molecule has 1 amide bonds. The zero-order valence-electron chi connectivity index (χ0n) is 14.1. The SMILES string of the molecule is Cc1cc(Br)c(NC(=O)CN2CCN(Cc3cccs3)CC2)c(Br)c1. The molecule has 3 rings (SSSR count). The van der Waals surface area contributed by atoms with Crippen molar-refractivity contribution in [1.29, 1.82) is 0 Å². The second-order valence-electron chi connectivity index (χ2n) is 6.28. The summed E-state index contributed by atoms with van der Waals surface area (Å²) in [5.41, 5.74) is 1.94. The summed E-state index contributed by atoms with van der Waals surface area (Å²) in [6, 6.07) is 8.29. The molecule has 1 aromatic carbocycles. The van der Waals surface area contributed by atoms with E-state index in [1.54, 1.807) is 11.3 Å². The van der Waals surface area contributed by atoms with Gasteiger partial charge in [-0.2, -0.15) is 0 Å². The number of thiophene rings is 1. The van der Waals surface area contributed by atoms with Crippen molar-refractivity contribution in [3.63, 3.8) is 0 Å². The van der Waals surface area contributed by atoms with Gasteiger partial charge in [0.1, 0.15) is 0 Å². The Bertz CT molecular complexity index is 705. The monoisotopic (exact) mass is 485 g/mol. The minimum atomic E-state index is 0.0250. The Morgan fingerprint density at radius 2 is 1.80 bits per heavy atom. The third-order valence-corrected chi connectivity index (χ3v) is 6.35. The summed E-state index contributed by atoms with van der Waals surface area (Å²) in [7, 11) is 0. The molecular weight excluding hydrogens is 466 g/mol. The second kappa shape index (κ2) is 8.77. The number of benzene rings is 1. The van der Waals surface area contributed by atoms with Crippen LogP contribution in [0.2, 0.25) is 0 Å². The molecule has 134 valence electrons. The first-order chi connectivity index (χ1) is 12.0. The number of nitrogens with one attached hydrogen (secondary N) is 1. The van der Waals surface area contributed by atoms with Gasteiger partial charge in [0.15, 0.2) is 0 Å². The average molecular weight is 487 g/mol. The van der Waals surface area contributed by atoms with Gasteiger partial charge in [-0.1, -0.05) is 6.07 Å². The Morgan fingerprint density at radius 3 is 2.40 bits per heavy atom. The minimum absolute atomic E-state index is 0.0250. The lowest BCUT2D eigenvalue weighted by molar-refractivity contribution is -0.117. The van der Waals surface area contributed by atoms with Gasteiger partial charge in [-0.15, -0.1) is 11.3 Å². The normalized spacial score (nSPS) is 16.1. The molecule has 2 heterocycles. The van der Waals surface area contributed by atoms with E-state index in [0.29, 0.717) is 6.54 Å². The quantitative estimate of drug-likeness (QED) is 0.682. The van der Waals surface area contributed by atoms with Gasteiger partial charge in [0.25, 0.3) is 0 Å². The lowest BCUT2D eigenvalue weighted by atomic mass is 10.2. The molecule has 1 aromatic heterocycles. The molecule has 0 unspecified atom stereocenters. The van der Waals surface area contributed by atoms with E-state index in [1.807, 2.05) is 19.1 Å². The van der Waals surface area contributed by atoms with Crippen LogP contribution in [0.25, 0.3) is 0 Å². The summed E-state index contributed by atoms with van der Waals surface area (Å²) in [6.45, 7) is 7.33. The van der Waals surface area contributed by atoms with Crippen molar-refractivity contribution in [2.45, 2.75) is 13.5 Å². The van der Waals surface area contributed by atoms with E-state index in [1.165, 1.54) is 4.88 Å². The highest BCUT2D eigenvalue weighted by molar-refractivity contribution is 9.11. The van der Waals surface area contributed by atoms with Crippen molar-refractivity contribution < 1.29 is 4.79 Å². The summed E-state index contributed by atoms with van der Waals surface area (Å²) in [4.78, 5) is 18.5. The van der Waals surface area contributed by atoms with Crippen molar-refractivity contribution in [2.75, 3.05) is 38.0 Å². The van der Waals surface area contributed by atoms with E-state index in [0.717, 1.165) is 52.9 Å². The Hall–Kier alpha value is -0.730. The standard InChI is InChI=1S/C18H21Br2N3OS/c1-13-9-15(19)18(16(20)10-13)21-17(24)12-23-6-4-22(5-7-23)11-14-3-2-8-25-14/h2-3,8-10H,4-7,11-12H2,1H3,(H,21,24). The highest BCUT2D eigenvalue weighted by Crippen LogP contribution is 2.32. The molecule has 0 atom stereocenters. The van der Waals surface area contributed by atoms with Crippen LogP contribution in [-0.4, -0.2) is 48.4 Å². The van der Waals surface area contributed by atoms with E-state index in [-0.39, 0.29) is 5.91 Å². The molecule has 0 radical (unpaired) electrons. The summed E-state index contributed by atoms with van der Waals surface area (Å²) in [6.07, 6.45) is 0. The molecule has 4 nitrogen and oxygen atoms in total. The van der Waals surface area contributed by atoms with Crippen LogP contribution in [0.15, 0.2) is 38.6 Å². The average Bonchev–Trinajstić information content (AvgIpc) is 3.06. The number of rotatable bonds is 5. The van der Waals surface area contributed by atoms with Gasteiger partial charge in [0.2, 0.25) is 5.91 Å². The minimum Gasteiger partial charge on any atom is -0.323 e. The van der Waals surface area contributed by atoms with Crippen molar-refractivity contribution in [2.24, 2.45) is 0 Å². The number of hydrogen-bond acceptors (Lipinski definition) is 4. The second-order valence-corrected chi connectivity index (χ2v) is 9.02. The van der Waals surface area contributed by atoms with Gasteiger partial charge in [0.05, 0.1) is 12.2 Å². The number of carbonyl (C=O) groups is 1. The third kappa shape index (κ3) is 5.37. The molecule has 0 aliphatic carbocycles. The molecule has 1 aliphatic heterocycles. The number of halogens is 2. The number of carbonyl (C=O) groups excluding carboxylic acids is 1. The van der Waals surface area contributed by atoms with Crippen molar-refractivity contribution in [3.8, 4) is 0 Å². The highest BCUT2D eigenvalue weighted by Gasteiger charge is 2.20. The third-order valence-electron chi connectivity index (χ3n) is 4.24. The van der Waals surface area contributed by atoms with E-state index >= 15 is 0 Å². The molecule has 2 aromatic rings. The van der Waals surface area contributed by atoms with Crippen molar-refractivity contribution >= 4 is 54.8 Å². The van der Waals surface area contributed by atoms with E-state index in [4.69, 9.17) is 0 Å². The van der Waals surface area contributed by atoms with Gasteiger partial charge >= 0.3 is 0 Å². The van der Waals surface area contributed by atoms with Crippen molar-refractivity contribution in [3.05, 3.63) is 49.0 Å². The van der Waals surface area contributed by atoms with Crippen LogP contribution < -0.4 is 5.32 Å². The Morgan fingerprint density at radius 1 is 1.16 bits per heavy atom. The first kappa shape index (κ1) is 19.0. The number of anilines is 1. The highest BCUT2D eigenvalue weighted by atomic mass is 79.9. The predicted molar refractivity (Wildman–Crippen MR) is 111 cm³/mol.